The van der Waals surface area contributed by atoms with E-state index in [0.717, 1.165) is 5.69 Å². The number of anilines is 1. The fourth-order valence-corrected chi connectivity index (χ4v) is 2.13. The molecule has 2 heteroatoms. The molecule has 76 valence electrons. The average molecular weight is 190 g/mol. The maximum absolute atomic E-state index is 6.21. The van der Waals surface area contributed by atoms with E-state index < -0.39 is 0 Å². The van der Waals surface area contributed by atoms with Crippen molar-refractivity contribution in [1.29, 1.82) is 0 Å². The predicted molar refractivity (Wildman–Crippen MR) is 59.9 cm³/mol. The van der Waals surface area contributed by atoms with Gasteiger partial charge in [-0.25, -0.2) is 0 Å². The Balaban J connectivity index is 2.22. The first kappa shape index (κ1) is 9.53. The van der Waals surface area contributed by atoms with Crippen LogP contribution in [-0.2, 0) is 0 Å². The smallest absolute Gasteiger partial charge is 0.0326 e. The van der Waals surface area contributed by atoms with Crippen LogP contribution in [0, 0.1) is 12.8 Å². The molecule has 4 N–H and O–H groups in total. The third-order valence-electron chi connectivity index (χ3n) is 3.31. The van der Waals surface area contributed by atoms with Crippen molar-refractivity contribution in [2.75, 3.05) is 5.73 Å². The van der Waals surface area contributed by atoms with E-state index in [9.17, 15) is 0 Å². The van der Waals surface area contributed by atoms with Crippen LogP contribution >= 0.6 is 0 Å². The summed E-state index contributed by atoms with van der Waals surface area (Å²) in [5, 5.41) is 0. The lowest BCUT2D eigenvalue weighted by Gasteiger charge is -2.32. The summed E-state index contributed by atoms with van der Waals surface area (Å²) in [5.41, 5.74) is 15.2. The Morgan fingerprint density at radius 3 is 2.57 bits per heavy atom. The van der Waals surface area contributed by atoms with E-state index in [1.165, 1.54) is 30.4 Å². The molecule has 0 bridgehead atoms. The molecular weight excluding hydrogens is 172 g/mol. The molecule has 0 unspecified atom stereocenters. The van der Waals surface area contributed by atoms with E-state index in [0.29, 0.717) is 5.92 Å². The van der Waals surface area contributed by atoms with Crippen LogP contribution in [0.2, 0.25) is 0 Å². The number of aryl methyl sites for hydroxylation is 1. The largest absolute Gasteiger partial charge is 0.399 e. The summed E-state index contributed by atoms with van der Waals surface area (Å²) in [7, 11) is 0. The van der Waals surface area contributed by atoms with Crippen LogP contribution in [0.4, 0.5) is 5.69 Å². The molecular formula is C12H18N2. The molecule has 2 nitrogen and oxygen atoms in total. The molecule has 1 aliphatic rings. The van der Waals surface area contributed by atoms with Crippen LogP contribution in [0.15, 0.2) is 18.2 Å². The fourth-order valence-electron chi connectivity index (χ4n) is 2.13. The lowest BCUT2D eigenvalue weighted by Crippen LogP contribution is -2.27. The van der Waals surface area contributed by atoms with Gasteiger partial charge in [-0.2, -0.15) is 0 Å². The molecule has 0 radical (unpaired) electrons. The second-order valence-corrected chi connectivity index (χ2v) is 4.33. The quantitative estimate of drug-likeness (QED) is 0.703. The van der Waals surface area contributed by atoms with Gasteiger partial charge in [-0.3, -0.25) is 0 Å². The molecule has 1 fully saturated rings. The van der Waals surface area contributed by atoms with E-state index in [2.05, 4.69) is 13.0 Å². The highest BCUT2D eigenvalue weighted by atomic mass is 14.7. The summed E-state index contributed by atoms with van der Waals surface area (Å²) in [5.74, 6) is 0.692. The van der Waals surface area contributed by atoms with E-state index >= 15 is 0 Å². The number of hydrogen-bond donors (Lipinski definition) is 2. The molecule has 2 rings (SSSR count). The summed E-state index contributed by atoms with van der Waals surface area (Å²) in [4.78, 5) is 0. The molecule has 1 atom stereocenters. The molecule has 1 saturated carbocycles. The number of benzene rings is 1. The maximum Gasteiger partial charge on any atom is 0.0326 e. The minimum Gasteiger partial charge on any atom is -0.399 e. The van der Waals surface area contributed by atoms with Crippen molar-refractivity contribution in [2.24, 2.45) is 11.7 Å². The number of rotatable bonds is 2. The first-order chi connectivity index (χ1) is 6.68. The molecule has 0 aliphatic heterocycles. The third-order valence-corrected chi connectivity index (χ3v) is 3.31. The van der Waals surface area contributed by atoms with Crippen molar-refractivity contribution >= 4 is 5.69 Å². The zero-order valence-electron chi connectivity index (χ0n) is 8.66. The highest BCUT2D eigenvalue weighted by molar-refractivity contribution is 5.45. The van der Waals surface area contributed by atoms with Crippen molar-refractivity contribution < 1.29 is 0 Å². The molecule has 1 aromatic carbocycles. The Morgan fingerprint density at radius 2 is 2.07 bits per heavy atom. The Bertz CT molecular complexity index is 329. The lowest BCUT2D eigenvalue weighted by atomic mass is 9.77. The fraction of sp³-hybridized carbons (Fsp3) is 0.500. The first-order valence-electron chi connectivity index (χ1n) is 5.30. The SMILES string of the molecule is Cc1cc(N)ccc1[C@H](N)C1CCC1. The topological polar surface area (TPSA) is 52.0 Å². The number of nitrogens with two attached hydrogens (primary N) is 2. The summed E-state index contributed by atoms with van der Waals surface area (Å²) in [6.45, 7) is 2.09. The summed E-state index contributed by atoms with van der Waals surface area (Å²) >= 11 is 0. The molecule has 1 aromatic rings. The molecule has 0 heterocycles. The predicted octanol–water partition coefficient (Wildman–Crippen LogP) is 2.38. The molecule has 14 heavy (non-hydrogen) atoms. The molecule has 0 saturated heterocycles. The summed E-state index contributed by atoms with van der Waals surface area (Å²) in [6, 6.07) is 6.24. The van der Waals surface area contributed by atoms with Gasteiger partial charge in [0.05, 0.1) is 0 Å². The normalized spacial score (nSPS) is 19.0. The van der Waals surface area contributed by atoms with Crippen molar-refractivity contribution in [3.63, 3.8) is 0 Å². The first-order valence-corrected chi connectivity index (χ1v) is 5.30. The van der Waals surface area contributed by atoms with Gasteiger partial charge in [-0.05, 0) is 48.9 Å². The second-order valence-electron chi connectivity index (χ2n) is 4.33. The van der Waals surface area contributed by atoms with Crippen molar-refractivity contribution in [1.82, 2.24) is 0 Å². The molecule has 0 aromatic heterocycles. The average Bonchev–Trinajstić information content (AvgIpc) is 2.00. The minimum atomic E-state index is 0.212. The van der Waals surface area contributed by atoms with Gasteiger partial charge in [-0.1, -0.05) is 12.5 Å². The van der Waals surface area contributed by atoms with E-state index in [1.807, 2.05) is 12.1 Å². The third kappa shape index (κ3) is 1.62. The van der Waals surface area contributed by atoms with Crippen molar-refractivity contribution in [2.45, 2.75) is 32.2 Å². The van der Waals surface area contributed by atoms with Crippen LogP contribution in [0.1, 0.15) is 36.4 Å². The van der Waals surface area contributed by atoms with Crippen LogP contribution in [0.25, 0.3) is 0 Å². The van der Waals surface area contributed by atoms with Crippen molar-refractivity contribution in [3.05, 3.63) is 29.3 Å². The highest BCUT2D eigenvalue weighted by Crippen LogP contribution is 2.37. The van der Waals surface area contributed by atoms with Gasteiger partial charge in [0.1, 0.15) is 0 Å². The highest BCUT2D eigenvalue weighted by Gasteiger charge is 2.26. The monoisotopic (exact) mass is 190 g/mol. The number of nitrogen functional groups attached to an aromatic ring is 1. The lowest BCUT2D eigenvalue weighted by molar-refractivity contribution is 0.264. The molecule has 1 aliphatic carbocycles. The Labute approximate surface area is 85.3 Å². The molecule has 0 spiro atoms. The minimum absolute atomic E-state index is 0.212. The van der Waals surface area contributed by atoms with Gasteiger partial charge < -0.3 is 11.5 Å². The van der Waals surface area contributed by atoms with Gasteiger partial charge >= 0.3 is 0 Å². The standard InChI is InChI=1S/C12H18N2/c1-8-7-10(13)5-6-11(8)12(14)9-3-2-4-9/h5-7,9,12H,2-4,13-14H2,1H3/t12-/m1/s1. The summed E-state index contributed by atoms with van der Waals surface area (Å²) < 4.78 is 0. The Hall–Kier alpha value is -1.02. The Kier molecular flexibility index (Phi) is 2.46. The number of hydrogen-bond acceptors (Lipinski definition) is 2. The van der Waals surface area contributed by atoms with E-state index in [4.69, 9.17) is 11.5 Å². The van der Waals surface area contributed by atoms with E-state index in [-0.39, 0.29) is 6.04 Å². The summed E-state index contributed by atoms with van der Waals surface area (Å²) in [6.07, 6.45) is 3.91. The van der Waals surface area contributed by atoms with Crippen LogP contribution in [-0.4, -0.2) is 0 Å². The van der Waals surface area contributed by atoms with Crippen molar-refractivity contribution in [3.8, 4) is 0 Å². The van der Waals surface area contributed by atoms with Crippen LogP contribution < -0.4 is 11.5 Å². The van der Waals surface area contributed by atoms with Gasteiger partial charge in [0, 0.05) is 11.7 Å². The van der Waals surface area contributed by atoms with Gasteiger partial charge in [0.15, 0.2) is 0 Å². The zero-order valence-corrected chi connectivity index (χ0v) is 8.66. The van der Waals surface area contributed by atoms with Crippen LogP contribution in [0.5, 0.6) is 0 Å². The van der Waals surface area contributed by atoms with Crippen LogP contribution in [0.3, 0.4) is 0 Å². The zero-order chi connectivity index (χ0) is 10.1. The Morgan fingerprint density at radius 1 is 1.36 bits per heavy atom. The van der Waals surface area contributed by atoms with Gasteiger partial charge in [-0.15, -0.1) is 0 Å². The van der Waals surface area contributed by atoms with Gasteiger partial charge in [0.25, 0.3) is 0 Å². The van der Waals surface area contributed by atoms with E-state index in [1.54, 1.807) is 0 Å². The second kappa shape index (κ2) is 3.62. The van der Waals surface area contributed by atoms with Gasteiger partial charge in [0.2, 0.25) is 0 Å². The molecule has 0 amide bonds. The maximum atomic E-state index is 6.21.